The number of aromatic amines is 1. The van der Waals surface area contributed by atoms with Crippen molar-refractivity contribution in [2.45, 2.75) is 65.8 Å². The number of hydrogen-bond acceptors (Lipinski definition) is 4. The Bertz CT molecular complexity index is 800. The summed E-state index contributed by atoms with van der Waals surface area (Å²) >= 11 is 0. The van der Waals surface area contributed by atoms with Crippen LogP contribution in [0.25, 0.3) is 0 Å². The fourth-order valence-corrected chi connectivity index (χ4v) is 3.35. The molecule has 2 aromatic rings. The maximum Gasteiger partial charge on any atom is 0.255 e. The van der Waals surface area contributed by atoms with Crippen molar-refractivity contribution in [2.75, 3.05) is 0 Å². The molecule has 0 spiro atoms. The van der Waals surface area contributed by atoms with E-state index in [2.05, 4.69) is 55.1 Å². The average Bonchev–Trinajstić information content (AvgIpc) is 2.90. The first-order valence-corrected chi connectivity index (χ1v) is 8.74. The summed E-state index contributed by atoms with van der Waals surface area (Å²) in [6, 6.07) is -0.0884. The Hall–Kier alpha value is -2.24. The topological polar surface area (TPSA) is 83.6 Å². The zero-order chi connectivity index (χ0) is 18.4. The molecule has 1 aliphatic rings. The number of carbonyl (C=O) groups is 1. The maximum atomic E-state index is 12.6. The van der Waals surface area contributed by atoms with Crippen LogP contribution in [0.2, 0.25) is 0 Å². The van der Waals surface area contributed by atoms with Crippen LogP contribution in [0.3, 0.4) is 0 Å². The molecule has 0 bridgehead atoms. The Balaban J connectivity index is 1.94. The molecule has 6 heteroatoms. The van der Waals surface area contributed by atoms with Crippen LogP contribution in [0.4, 0.5) is 0 Å². The molecule has 25 heavy (non-hydrogen) atoms. The SMILES string of the molecule is Cc1[nH]ncc1C(=O)NC1CC(C)(C)Cc2nc(C(C)(C)C)ncc21. The predicted octanol–water partition coefficient (Wildman–Crippen LogP) is 3.25. The van der Waals surface area contributed by atoms with E-state index in [4.69, 9.17) is 4.98 Å². The van der Waals surface area contributed by atoms with E-state index >= 15 is 0 Å². The van der Waals surface area contributed by atoms with Gasteiger partial charge >= 0.3 is 0 Å². The van der Waals surface area contributed by atoms with Crippen molar-refractivity contribution in [2.24, 2.45) is 5.41 Å². The van der Waals surface area contributed by atoms with Gasteiger partial charge < -0.3 is 5.32 Å². The van der Waals surface area contributed by atoms with Crippen LogP contribution in [0, 0.1) is 12.3 Å². The van der Waals surface area contributed by atoms with E-state index in [-0.39, 0.29) is 22.8 Å². The number of nitrogens with zero attached hydrogens (tertiary/aromatic N) is 3. The summed E-state index contributed by atoms with van der Waals surface area (Å²) in [4.78, 5) is 22.0. The fraction of sp³-hybridized carbons (Fsp3) is 0.579. The average molecular weight is 341 g/mol. The number of rotatable bonds is 2. The maximum absolute atomic E-state index is 12.6. The van der Waals surface area contributed by atoms with Gasteiger partial charge in [0.1, 0.15) is 5.82 Å². The zero-order valence-corrected chi connectivity index (χ0v) is 15.9. The summed E-state index contributed by atoms with van der Waals surface area (Å²) in [5.41, 5.74) is 3.40. The minimum absolute atomic E-state index is 0.0693. The lowest BCUT2D eigenvalue weighted by Crippen LogP contribution is -2.37. The van der Waals surface area contributed by atoms with E-state index in [1.165, 1.54) is 0 Å². The number of H-pyrrole nitrogens is 1. The van der Waals surface area contributed by atoms with Crippen molar-refractivity contribution in [1.29, 1.82) is 0 Å². The van der Waals surface area contributed by atoms with Crippen molar-refractivity contribution in [3.8, 4) is 0 Å². The standard InChI is InChI=1S/C19H27N5O/c1-11-12(10-21-24-11)16(25)22-14-7-19(5,6)8-15-13(14)9-20-17(23-15)18(2,3)4/h9-10,14H,7-8H2,1-6H3,(H,21,24)(H,22,25). The largest absolute Gasteiger partial charge is 0.345 e. The molecule has 0 fully saturated rings. The highest BCUT2D eigenvalue weighted by Gasteiger charge is 2.35. The molecular formula is C19H27N5O. The number of aromatic nitrogens is 4. The number of carbonyl (C=O) groups excluding carboxylic acids is 1. The van der Waals surface area contributed by atoms with Gasteiger partial charge in [-0.25, -0.2) is 9.97 Å². The van der Waals surface area contributed by atoms with E-state index in [9.17, 15) is 4.79 Å². The van der Waals surface area contributed by atoms with E-state index < -0.39 is 0 Å². The van der Waals surface area contributed by atoms with Crippen LogP contribution in [-0.2, 0) is 11.8 Å². The first-order chi connectivity index (χ1) is 11.6. The second kappa shape index (κ2) is 5.93. The summed E-state index contributed by atoms with van der Waals surface area (Å²) in [7, 11) is 0. The molecule has 134 valence electrons. The van der Waals surface area contributed by atoms with Gasteiger partial charge in [-0.3, -0.25) is 9.89 Å². The first-order valence-electron chi connectivity index (χ1n) is 8.74. The summed E-state index contributed by atoms with van der Waals surface area (Å²) in [6.07, 6.45) is 5.22. The lowest BCUT2D eigenvalue weighted by atomic mass is 9.74. The molecule has 0 aliphatic heterocycles. The van der Waals surface area contributed by atoms with Crippen LogP contribution >= 0.6 is 0 Å². The molecule has 6 nitrogen and oxygen atoms in total. The minimum atomic E-state index is -0.111. The van der Waals surface area contributed by atoms with Crippen molar-refractivity contribution >= 4 is 5.91 Å². The lowest BCUT2D eigenvalue weighted by Gasteiger charge is -2.37. The Morgan fingerprint density at radius 2 is 2.04 bits per heavy atom. The molecule has 3 rings (SSSR count). The van der Waals surface area contributed by atoms with Gasteiger partial charge in [-0.15, -0.1) is 0 Å². The van der Waals surface area contributed by atoms with Crippen LogP contribution in [0.15, 0.2) is 12.4 Å². The van der Waals surface area contributed by atoms with E-state index in [1.54, 1.807) is 6.20 Å². The molecule has 2 N–H and O–H groups in total. The molecule has 1 unspecified atom stereocenters. The molecule has 0 saturated carbocycles. The van der Waals surface area contributed by atoms with Crippen LogP contribution < -0.4 is 5.32 Å². The van der Waals surface area contributed by atoms with Crippen molar-refractivity contribution < 1.29 is 4.79 Å². The van der Waals surface area contributed by atoms with Gasteiger partial charge in [-0.05, 0) is 25.2 Å². The Morgan fingerprint density at radius 3 is 2.64 bits per heavy atom. The molecule has 0 radical (unpaired) electrons. The number of aryl methyl sites for hydroxylation is 1. The van der Waals surface area contributed by atoms with Gasteiger partial charge in [0.2, 0.25) is 0 Å². The summed E-state index contributed by atoms with van der Waals surface area (Å²) in [6.45, 7) is 12.6. The van der Waals surface area contributed by atoms with Gasteiger partial charge in [0.25, 0.3) is 5.91 Å². The molecule has 0 saturated heterocycles. The number of fused-ring (bicyclic) bond motifs is 1. The third kappa shape index (κ3) is 3.57. The fourth-order valence-electron chi connectivity index (χ4n) is 3.35. The summed E-state index contributed by atoms with van der Waals surface area (Å²) < 4.78 is 0. The molecular weight excluding hydrogens is 314 g/mol. The third-order valence-corrected chi connectivity index (χ3v) is 4.73. The smallest absolute Gasteiger partial charge is 0.255 e. The molecule has 0 aromatic carbocycles. The minimum Gasteiger partial charge on any atom is -0.345 e. The van der Waals surface area contributed by atoms with Gasteiger partial charge in [0.15, 0.2) is 0 Å². The second-order valence-electron chi connectivity index (χ2n) is 8.83. The molecule has 1 aliphatic carbocycles. The van der Waals surface area contributed by atoms with Crippen LogP contribution in [0.1, 0.15) is 80.2 Å². The van der Waals surface area contributed by atoms with Gasteiger partial charge in [0, 0.05) is 28.6 Å². The second-order valence-corrected chi connectivity index (χ2v) is 8.83. The van der Waals surface area contributed by atoms with E-state index in [0.29, 0.717) is 5.56 Å². The number of amides is 1. The van der Waals surface area contributed by atoms with Gasteiger partial charge in [-0.1, -0.05) is 34.6 Å². The van der Waals surface area contributed by atoms with Gasteiger partial charge in [-0.2, -0.15) is 5.10 Å². The van der Waals surface area contributed by atoms with Crippen molar-refractivity contribution in [1.82, 2.24) is 25.5 Å². The number of nitrogens with one attached hydrogen (secondary N) is 2. The molecule has 2 aromatic heterocycles. The summed E-state index contributed by atoms with van der Waals surface area (Å²) in [5, 5.41) is 9.90. The number of hydrogen-bond donors (Lipinski definition) is 2. The Kier molecular flexibility index (Phi) is 4.17. The lowest BCUT2D eigenvalue weighted by molar-refractivity contribution is 0.0918. The van der Waals surface area contributed by atoms with Crippen molar-refractivity contribution in [3.05, 3.63) is 40.7 Å². The molecule has 1 amide bonds. The highest BCUT2D eigenvalue weighted by Crippen LogP contribution is 2.40. The quantitative estimate of drug-likeness (QED) is 0.878. The normalized spacial score (nSPS) is 19.4. The Labute approximate surface area is 148 Å². The van der Waals surface area contributed by atoms with Crippen molar-refractivity contribution in [3.63, 3.8) is 0 Å². The molecule has 1 atom stereocenters. The van der Waals surface area contributed by atoms with E-state index in [1.807, 2.05) is 13.1 Å². The highest BCUT2D eigenvalue weighted by molar-refractivity contribution is 5.95. The monoisotopic (exact) mass is 341 g/mol. The van der Waals surface area contributed by atoms with Crippen LogP contribution in [0.5, 0.6) is 0 Å². The highest BCUT2D eigenvalue weighted by atomic mass is 16.1. The summed E-state index contributed by atoms with van der Waals surface area (Å²) in [5.74, 6) is 0.736. The van der Waals surface area contributed by atoms with Gasteiger partial charge in [0.05, 0.1) is 17.8 Å². The van der Waals surface area contributed by atoms with E-state index in [0.717, 1.165) is 35.6 Å². The van der Waals surface area contributed by atoms with Crippen LogP contribution in [-0.4, -0.2) is 26.1 Å². The zero-order valence-electron chi connectivity index (χ0n) is 15.9. The third-order valence-electron chi connectivity index (χ3n) is 4.73. The first kappa shape index (κ1) is 17.6. The predicted molar refractivity (Wildman–Crippen MR) is 96.4 cm³/mol. The molecule has 2 heterocycles. The Morgan fingerprint density at radius 1 is 1.32 bits per heavy atom.